The molecule has 6 heteroatoms. The summed E-state index contributed by atoms with van der Waals surface area (Å²) in [5.41, 5.74) is 1.51. The highest BCUT2D eigenvalue weighted by Crippen LogP contribution is 2.21. The number of fused-ring (bicyclic) bond motifs is 1. The highest BCUT2D eigenvalue weighted by molar-refractivity contribution is 9.10. The van der Waals surface area contributed by atoms with E-state index < -0.39 is 0 Å². The standard InChI is InChI=1S/C18H17BrN2O3/c1-3-24-15-8-13-9-16(19)18(22)21(17(13)20-10-15)11-12-4-6-14(23-2)7-5-12/h4-10H,3,11H2,1-2H3. The summed E-state index contributed by atoms with van der Waals surface area (Å²) in [5, 5.41) is 0.848. The van der Waals surface area contributed by atoms with Crippen LogP contribution in [0.25, 0.3) is 11.0 Å². The summed E-state index contributed by atoms with van der Waals surface area (Å²) in [4.78, 5) is 17.0. The lowest BCUT2D eigenvalue weighted by Crippen LogP contribution is -2.22. The molecule has 124 valence electrons. The molecule has 2 heterocycles. The predicted octanol–water partition coefficient (Wildman–Crippen LogP) is 3.61. The van der Waals surface area contributed by atoms with Crippen molar-refractivity contribution in [2.75, 3.05) is 13.7 Å². The molecule has 0 saturated carbocycles. The van der Waals surface area contributed by atoms with E-state index in [1.807, 2.05) is 37.3 Å². The molecule has 0 saturated heterocycles. The Morgan fingerprint density at radius 3 is 2.58 bits per heavy atom. The van der Waals surface area contributed by atoms with Crippen LogP contribution in [0.2, 0.25) is 0 Å². The van der Waals surface area contributed by atoms with E-state index >= 15 is 0 Å². The fourth-order valence-electron chi connectivity index (χ4n) is 2.52. The van der Waals surface area contributed by atoms with Crippen LogP contribution in [0.1, 0.15) is 12.5 Å². The maximum absolute atomic E-state index is 12.5. The quantitative estimate of drug-likeness (QED) is 0.669. The average Bonchev–Trinajstić information content (AvgIpc) is 2.59. The van der Waals surface area contributed by atoms with E-state index in [2.05, 4.69) is 20.9 Å². The van der Waals surface area contributed by atoms with Gasteiger partial charge in [-0.1, -0.05) is 12.1 Å². The van der Waals surface area contributed by atoms with Crippen molar-refractivity contribution in [3.8, 4) is 11.5 Å². The van der Waals surface area contributed by atoms with Gasteiger partial charge in [-0.3, -0.25) is 9.36 Å². The second-order valence-corrected chi connectivity index (χ2v) is 6.10. The maximum atomic E-state index is 12.5. The topological polar surface area (TPSA) is 53.3 Å². The monoisotopic (exact) mass is 388 g/mol. The third kappa shape index (κ3) is 3.28. The molecule has 0 unspecified atom stereocenters. The van der Waals surface area contributed by atoms with Gasteiger partial charge >= 0.3 is 0 Å². The van der Waals surface area contributed by atoms with Crippen LogP contribution in [0, 0.1) is 0 Å². The van der Waals surface area contributed by atoms with Gasteiger partial charge in [0.15, 0.2) is 0 Å². The number of ether oxygens (including phenoxy) is 2. The molecule has 3 rings (SSSR count). The molecule has 0 aliphatic rings. The van der Waals surface area contributed by atoms with Crippen molar-refractivity contribution in [1.82, 2.24) is 9.55 Å². The van der Waals surface area contributed by atoms with E-state index in [4.69, 9.17) is 9.47 Å². The molecule has 0 fully saturated rings. The number of halogens is 1. The molecule has 0 amide bonds. The Morgan fingerprint density at radius 1 is 1.17 bits per heavy atom. The van der Waals surface area contributed by atoms with Gasteiger partial charge in [0.2, 0.25) is 0 Å². The molecule has 0 aliphatic heterocycles. The Morgan fingerprint density at radius 2 is 1.92 bits per heavy atom. The number of rotatable bonds is 5. The smallest absolute Gasteiger partial charge is 0.266 e. The van der Waals surface area contributed by atoms with Crippen LogP contribution < -0.4 is 15.0 Å². The van der Waals surface area contributed by atoms with Gasteiger partial charge in [0.1, 0.15) is 17.1 Å². The minimum atomic E-state index is -0.116. The third-order valence-electron chi connectivity index (χ3n) is 3.67. The Balaban J connectivity index is 2.07. The molecule has 0 bridgehead atoms. The minimum absolute atomic E-state index is 0.116. The zero-order chi connectivity index (χ0) is 17.1. The van der Waals surface area contributed by atoms with Crippen LogP contribution in [0.4, 0.5) is 0 Å². The Labute approximate surface area is 148 Å². The first-order valence-corrected chi connectivity index (χ1v) is 8.36. The highest BCUT2D eigenvalue weighted by Gasteiger charge is 2.10. The summed E-state index contributed by atoms with van der Waals surface area (Å²) in [7, 11) is 1.63. The molecule has 0 N–H and O–H groups in total. The van der Waals surface area contributed by atoms with Crippen molar-refractivity contribution < 1.29 is 9.47 Å². The van der Waals surface area contributed by atoms with Crippen molar-refractivity contribution in [2.45, 2.75) is 13.5 Å². The van der Waals surface area contributed by atoms with Crippen molar-refractivity contribution in [1.29, 1.82) is 0 Å². The number of hydrogen-bond acceptors (Lipinski definition) is 4. The van der Waals surface area contributed by atoms with Crippen LogP contribution >= 0.6 is 15.9 Å². The number of pyridine rings is 2. The number of aromatic nitrogens is 2. The van der Waals surface area contributed by atoms with Gasteiger partial charge in [0.25, 0.3) is 5.56 Å². The largest absolute Gasteiger partial charge is 0.497 e. The van der Waals surface area contributed by atoms with Crippen molar-refractivity contribution >= 4 is 27.0 Å². The summed E-state index contributed by atoms with van der Waals surface area (Å²) >= 11 is 3.34. The molecule has 0 spiro atoms. The lowest BCUT2D eigenvalue weighted by atomic mass is 10.2. The van der Waals surface area contributed by atoms with E-state index in [1.165, 1.54) is 0 Å². The van der Waals surface area contributed by atoms with Crippen molar-refractivity contribution in [3.63, 3.8) is 0 Å². The lowest BCUT2D eigenvalue weighted by Gasteiger charge is -2.12. The van der Waals surface area contributed by atoms with E-state index in [1.54, 1.807) is 23.9 Å². The normalized spacial score (nSPS) is 10.8. The van der Waals surface area contributed by atoms with E-state index in [9.17, 15) is 4.79 Å². The minimum Gasteiger partial charge on any atom is -0.497 e. The zero-order valence-corrected chi connectivity index (χ0v) is 15.0. The SMILES string of the molecule is CCOc1cnc2c(c1)cc(Br)c(=O)n2Cc1ccc(OC)cc1. The molecule has 1 aromatic carbocycles. The Hall–Kier alpha value is -2.34. The van der Waals surface area contributed by atoms with Gasteiger partial charge < -0.3 is 9.47 Å². The first kappa shape index (κ1) is 16.5. The van der Waals surface area contributed by atoms with Gasteiger partial charge in [-0.15, -0.1) is 0 Å². The van der Waals surface area contributed by atoms with E-state index in [0.717, 1.165) is 16.7 Å². The fraction of sp³-hybridized carbons (Fsp3) is 0.222. The van der Waals surface area contributed by atoms with E-state index in [0.29, 0.717) is 29.0 Å². The maximum Gasteiger partial charge on any atom is 0.266 e. The predicted molar refractivity (Wildman–Crippen MR) is 97.0 cm³/mol. The first-order valence-electron chi connectivity index (χ1n) is 7.57. The average molecular weight is 389 g/mol. The van der Waals surface area contributed by atoms with Crippen LogP contribution in [0.3, 0.4) is 0 Å². The summed E-state index contributed by atoms with van der Waals surface area (Å²) in [6.07, 6.45) is 1.64. The number of hydrogen-bond donors (Lipinski definition) is 0. The van der Waals surface area contributed by atoms with Gasteiger partial charge in [-0.2, -0.15) is 0 Å². The van der Waals surface area contributed by atoms with Crippen LogP contribution in [-0.4, -0.2) is 23.3 Å². The van der Waals surface area contributed by atoms with Crippen molar-refractivity contribution in [2.24, 2.45) is 0 Å². The highest BCUT2D eigenvalue weighted by atomic mass is 79.9. The Bertz CT molecular complexity index is 920. The summed E-state index contributed by atoms with van der Waals surface area (Å²) in [5.74, 6) is 1.47. The number of nitrogens with zero attached hydrogens (tertiary/aromatic N) is 2. The molecule has 2 aromatic heterocycles. The molecular weight excluding hydrogens is 372 g/mol. The lowest BCUT2D eigenvalue weighted by molar-refractivity contribution is 0.339. The summed E-state index contributed by atoms with van der Waals surface area (Å²) in [6, 6.07) is 11.3. The number of benzene rings is 1. The van der Waals surface area contributed by atoms with Gasteiger partial charge in [0.05, 0.1) is 30.9 Å². The molecule has 5 nitrogen and oxygen atoms in total. The second kappa shape index (κ2) is 7.05. The third-order valence-corrected chi connectivity index (χ3v) is 4.24. The molecule has 0 atom stereocenters. The molecule has 0 aliphatic carbocycles. The number of methoxy groups -OCH3 is 1. The molecule has 3 aromatic rings. The van der Waals surface area contributed by atoms with E-state index in [-0.39, 0.29) is 5.56 Å². The fourth-order valence-corrected chi connectivity index (χ4v) is 2.98. The Kier molecular flexibility index (Phi) is 4.85. The zero-order valence-electron chi connectivity index (χ0n) is 13.5. The summed E-state index contributed by atoms with van der Waals surface area (Å²) in [6.45, 7) is 2.92. The second-order valence-electron chi connectivity index (χ2n) is 5.25. The van der Waals surface area contributed by atoms with Gasteiger partial charge in [0, 0.05) is 5.39 Å². The van der Waals surface area contributed by atoms with Crippen LogP contribution in [0.15, 0.2) is 51.9 Å². The molecule has 24 heavy (non-hydrogen) atoms. The van der Waals surface area contributed by atoms with Crippen LogP contribution in [-0.2, 0) is 6.54 Å². The first-order chi connectivity index (χ1) is 11.6. The molecular formula is C18H17BrN2O3. The van der Waals surface area contributed by atoms with Gasteiger partial charge in [-0.25, -0.2) is 4.98 Å². The van der Waals surface area contributed by atoms with Gasteiger partial charge in [-0.05, 0) is 52.7 Å². The van der Waals surface area contributed by atoms with Crippen molar-refractivity contribution in [3.05, 3.63) is 63.0 Å². The summed E-state index contributed by atoms with van der Waals surface area (Å²) < 4.78 is 12.8. The van der Waals surface area contributed by atoms with Crippen LogP contribution in [0.5, 0.6) is 11.5 Å². The molecule has 0 radical (unpaired) electrons.